The molecule has 0 aromatic heterocycles. The number of carbonyl (C=O) groups is 1. The van der Waals surface area contributed by atoms with Crippen molar-refractivity contribution in [3.8, 4) is 11.5 Å². The summed E-state index contributed by atoms with van der Waals surface area (Å²) in [5.41, 5.74) is 0.689. The maximum atomic E-state index is 12.0. The molecular formula is C16H23NO3. The van der Waals surface area contributed by atoms with E-state index in [-0.39, 0.29) is 23.5 Å². The van der Waals surface area contributed by atoms with Crippen molar-refractivity contribution in [1.29, 1.82) is 0 Å². The fraction of sp³-hybridized carbons (Fsp3) is 0.562. The van der Waals surface area contributed by atoms with Gasteiger partial charge in [-0.15, -0.1) is 0 Å². The summed E-state index contributed by atoms with van der Waals surface area (Å²) < 4.78 is 11.2. The van der Waals surface area contributed by atoms with Gasteiger partial charge >= 0.3 is 0 Å². The average Bonchev–Trinajstić information content (AvgIpc) is 2.37. The van der Waals surface area contributed by atoms with Crippen LogP contribution in [-0.4, -0.2) is 18.6 Å². The molecular weight excluding hydrogens is 254 g/mol. The third-order valence-electron chi connectivity index (χ3n) is 3.52. The lowest BCUT2D eigenvalue weighted by Gasteiger charge is -2.38. The Balaban J connectivity index is 2.34. The first-order chi connectivity index (χ1) is 9.32. The van der Waals surface area contributed by atoms with E-state index in [0.717, 1.165) is 23.5 Å². The maximum absolute atomic E-state index is 12.0. The first kappa shape index (κ1) is 14.7. The minimum absolute atomic E-state index is 0.0324. The van der Waals surface area contributed by atoms with E-state index in [1.54, 1.807) is 7.11 Å². The Kier molecular flexibility index (Phi) is 3.93. The fourth-order valence-corrected chi connectivity index (χ4v) is 2.43. The van der Waals surface area contributed by atoms with Crippen LogP contribution in [0.5, 0.6) is 11.5 Å². The fourth-order valence-electron chi connectivity index (χ4n) is 2.43. The summed E-state index contributed by atoms with van der Waals surface area (Å²) in [4.78, 5) is 12.0. The van der Waals surface area contributed by atoms with Crippen LogP contribution in [0.2, 0.25) is 0 Å². The van der Waals surface area contributed by atoms with Gasteiger partial charge < -0.3 is 14.8 Å². The van der Waals surface area contributed by atoms with Crippen LogP contribution in [0.1, 0.15) is 45.7 Å². The van der Waals surface area contributed by atoms with Crippen LogP contribution in [0.3, 0.4) is 0 Å². The minimum atomic E-state index is -0.295. The van der Waals surface area contributed by atoms with Crippen molar-refractivity contribution in [2.75, 3.05) is 7.11 Å². The summed E-state index contributed by atoms with van der Waals surface area (Å²) >= 11 is 0. The molecule has 1 aliphatic rings. The highest BCUT2D eigenvalue weighted by Crippen LogP contribution is 2.41. The first-order valence-corrected chi connectivity index (χ1v) is 7.00. The monoisotopic (exact) mass is 277 g/mol. The minimum Gasteiger partial charge on any atom is -0.497 e. The Hall–Kier alpha value is -1.71. The summed E-state index contributed by atoms with van der Waals surface area (Å²) in [6, 6.07) is 5.68. The van der Waals surface area contributed by atoms with Crippen LogP contribution in [-0.2, 0) is 4.79 Å². The van der Waals surface area contributed by atoms with Crippen LogP contribution >= 0.6 is 0 Å². The number of fused-ring (bicyclic) bond motifs is 1. The van der Waals surface area contributed by atoms with Crippen LogP contribution in [0.15, 0.2) is 18.2 Å². The van der Waals surface area contributed by atoms with Crippen molar-refractivity contribution in [3.63, 3.8) is 0 Å². The summed E-state index contributed by atoms with van der Waals surface area (Å²) in [5, 5.41) is 3.11. The lowest BCUT2D eigenvalue weighted by atomic mass is 9.89. The van der Waals surface area contributed by atoms with Crippen molar-refractivity contribution >= 4 is 5.91 Å². The molecule has 20 heavy (non-hydrogen) atoms. The normalized spacial score (nSPS) is 20.0. The highest BCUT2D eigenvalue weighted by Gasteiger charge is 2.35. The van der Waals surface area contributed by atoms with Gasteiger partial charge in [0.1, 0.15) is 17.1 Å². The zero-order valence-corrected chi connectivity index (χ0v) is 12.8. The smallest absolute Gasteiger partial charge is 0.223 e. The molecule has 0 saturated carbocycles. The standard InChI is InChI=1S/C16H23NO3/c1-10(2)15(18)17-13-9-16(3,4)20-14-7-6-11(19-5)8-12(13)14/h6-8,10,13H,9H2,1-5H3,(H,17,18)/t13-/m0/s1. The molecule has 1 N–H and O–H groups in total. The lowest BCUT2D eigenvalue weighted by Crippen LogP contribution is -2.42. The Labute approximate surface area is 120 Å². The molecule has 1 atom stereocenters. The molecule has 1 heterocycles. The Morgan fingerprint density at radius 2 is 2.15 bits per heavy atom. The van der Waals surface area contributed by atoms with E-state index in [4.69, 9.17) is 9.47 Å². The van der Waals surface area contributed by atoms with Gasteiger partial charge in [-0.2, -0.15) is 0 Å². The molecule has 110 valence electrons. The number of ether oxygens (including phenoxy) is 2. The second kappa shape index (κ2) is 5.35. The topological polar surface area (TPSA) is 47.6 Å². The predicted octanol–water partition coefficient (Wildman–Crippen LogP) is 3.07. The number of rotatable bonds is 3. The third-order valence-corrected chi connectivity index (χ3v) is 3.52. The van der Waals surface area contributed by atoms with Gasteiger partial charge in [0.2, 0.25) is 5.91 Å². The number of methoxy groups -OCH3 is 1. The number of benzene rings is 1. The SMILES string of the molecule is COc1ccc2c(c1)[C@@H](NC(=O)C(C)C)CC(C)(C)O2. The molecule has 4 nitrogen and oxygen atoms in total. The summed E-state index contributed by atoms with van der Waals surface area (Å²) in [6.45, 7) is 7.86. The van der Waals surface area contributed by atoms with E-state index in [0.29, 0.717) is 0 Å². The van der Waals surface area contributed by atoms with Gasteiger partial charge in [0, 0.05) is 17.9 Å². The molecule has 2 rings (SSSR count). The maximum Gasteiger partial charge on any atom is 0.223 e. The van der Waals surface area contributed by atoms with Gasteiger partial charge in [-0.3, -0.25) is 4.79 Å². The summed E-state index contributed by atoms with van der Waals surface area (Å²) in [5.74, 6) is 1.61. The van der Waals surface area contributed by atoms with Crippen molar-refractivity contribution in [3.05, 3.63) is 23.8 Å². The molecule has 0 fully saturated rings. The second-order valence-corrected chi connectivity index (χ2v) is 6.19. The summed E-state index contributed by atoms with van der Waals surface area (Å²) in [6.07, 6.45) is 0.742. The Bertz CT molecular complexity index is 508. The number of hydrogen-bond donors (Lipinski definition) is 1. The van der Waals surface area contributed by atoms with E-state index in [2.05, 4.69) is 5.32 Å². The van der Waals surface area contributed by atoms with E-state index in [1.807, 2.05) is 45.9 Å². The molecule has 0 unspecified atom stereocenters. The molecule has 1 aliphatic heterocycles. The van der Waals surface area contributed by atoms with Gasteiger partial charge in [-0.05, 0) is 32.0 Å². The van der Waals surface area contributed by atoms with E-state index < -0.39 is 0 Å². The molecule has 0 aliphatic carbocycles. The second-order valence-electron chi connectivity index (χ2n) is 6.19. The van der Waals surface area contributed by atoms with Gasteiger partial charge in [0.05, 0.1) is 13.2 Å². The highest BCUT2D eigenvalue weighted by molar-refractivity contribution is 5.78. The van der Waals surface area contributed by atoms with Crippen molar-refractivity contribution < 1.29 is 14.3 Å². The van der Waals surface area contributed by atoms with Crippen LogP contribution in [0.25, 0.3) is 0 Å². The van der Waals surface area contributed by atoms with Crippen LogP contribution in [0, 0.1) is 5.92 Å². The van der Waals surface area contributed by atoms with Gasteiger partial charge in [0.15, 0.2) is 0 Å². The molecule has 0 radical (unpaired) electrons. The van der Waals surface area contributed by atoms with Gasteiger partial charge in [0.25, 0.3) is 0 Å². The number of amides is 1. The van der Waals surface area contributed by atoms with E-state index in [1.165, 1.54) is 0 Å². The zero-order valence-electron chi connectivity index (χ0n) is 12.8. The average molecular weight is 277 g/mol. The lowest BCUT2D eigenvalue weighted by molar-refractivity contribution is -0.125. The number of nitrogens with one attached hydrogen (secondary N) is 1. The predicted molar refractivity (Wildman–Crippen MR) is 78.0 cm³/mol. The van der Waals surface area contributed by atoms with E-state index >= 15 is 0 Å². The molecule has 0 spiro atoms. The molecule has 0 bridgehead atoms. The zero-order chi connectivity index (χ0) is 14.9. The molecule has 1 aromatic carbocycles. The van der Waals surface area contributed by atoms with Crippen molar-refractivity contribution in [2.24, 2.45) is 5.92 Å². The molecule has 1 aromatic rings. The van der Waals surface area contributed by atoms with Crippen molar-refractivity contribution in [2.45, 2.75) is 45.8 Å². The number of hydrogen-bond acceptors (Lipinski definition) is 3. The summed E-state index contributed by atoms with van der Waals surface area (Å²) in [7, 11) is 1.64. The molecule has 4 heteroatoms. The van der Waals surface area contributed by atoms with Crippen LogP contribution < -0.4 is 14.8 Å². The molecule has 0 saturated heterocycles. The largest absolute Gasteiger partial charge is 0.497 e. The number of carbonyl (C=O) groups excluding carboxylic acids is 1. The molecule has 1 amide bonds. The van der Waals surface area contributed by atoms with Crippen LogP contribution in [0.4, 0.5) is 0 Å². The Morgan fingerprint density at radius 3 is 2.75 bits per heavy atom. The first-order valence-electron chi connectivity index (χ1n) is 7.00. The Morgan fingerprint density at radius 1 is 1.45 bits per heavy atom. The van der Waals surface area contributed by atoms with Gasteiger partial charge in [-0.25, -0.2) is 0 Å². The third kappa shape index (κ3) is 3.06. The van der Waals surface area contributed by atoms with Gasteiger partial charge in [-0.1, -0.05) is 13.8 Å². The highest BCUT2D eigenvalue weighted by atomic mass is 16.5. The van der Waals surface area contributed by atoms with E-state index in [9.17, 15) is 4.79 Å². The van der Waals surface area contributed by atoms with Crippen molar-refractivity contribution in [1.82, 2.24) is 5.32 Å². The quantitative estimate of drug-likeness (QED) is 0.923.